The van der Waals surface area contributed by atoms with Gasteiger partial charge >= 0.3 is 13.5 Å². The van der Waals surface area contributed by atoms with Crippen LogP contribution in [-0.2, 0) is 27.1 Å². The highest BCUT2D eigenvalue weighted by Gasteiger charge is 2.22. The van der Waals surface area contributed by atoms with Crippen molar-refractivity contribution in [2.75, 3.05) is 38.6 Å². The lowest BCUT2D eigenvalue weighted by molar-refractivity contribution is -0.711. The number of benzene rings is 2. The van der Waals surface area contributed by atoms with Gasteiger partial charge in [-0.2, -0.15) is 0 Å². The van der Waals surface area contributed by atoms with Crippen molar-refractivity contribution in [1.82, 2.24) is 19.4 Å². The Balaban J connectivity index is 0.000000559. The molecule has 0 saturated carbocycles. The number of imidazole rings is 1. The average molecular weight is 574 g/mol. The largest absolute Gasteiger partial charge is 0.469 e. The average Bonchev–Trinajstić information content (AvgIpc) is 3.27. The third-order valence-electron chi connectivity index (χ3n) is 6.21. The lowest BCUT2D eigenvalue weighted by Gasteiger charge is -2.13. The quantitative estimate of drug-likeness (QED) is 0.114. The molecule has 0 unspecified atom stereocenters. The molecule has 0 aliphatic heterocycles. The van der Waals surface area contributed by atoms with Crippen molar-refractivity contribution in [3.8, 4) is 11.1 Å². The number of H-pyrrole nitrogens is 1. The molecule has 12 nitrogen and oxygen atoms in total. The summed E-state index contributed by atoms with van der Waals surface area (Å²) in [6.07, 6.45) is 1.68. The van der Waals surface area contributed by atoms with Gasteiger partial charge in [-0.15, -0.1) is 0 Å². The van der Waals surface area contributed by atoms with Crippen LogP contribution < -0.4 is 15.9 Å². The van der Waals surface area contributed by atoms with Crippen LogP contribution in [0.2, 0.25) is 0 Å². The lowest BCUT2D eigenvalue weighted by Crippen LogP contribution is -2.35. The van der Waals surface area contributed by atoms with Gasteiger partial charge in [0.2, 0.25) is 5.52 Å². The van der Waals surface area contributed by atoms with Gasteiger partial charge in [-0.3, -0.25) is 18.9 Å². The van der Waals surface area contributed by atoms with Gasteiger partial charge in [0.1, 0.15) is 0 Å². The summed E-state index contributed by atoms with van der Waals surface area (Å²) in [5, 5.41) is 0. The first kappa shape index (κ1) is 31.2. The molecule has 4 aromatic rings. The summed E-state index contributed by atoms with van der Waals surface area (Å²) in [5.74, 6) is -0.0314. The summed E-state index contributed by atoms with van der Waals surface area (Å²) in [4.78, 5) is 39.1. The van der Waals surface area contributed by atoms with Gasteiger partial charge in [0, 0.05) is 0 Å². The third kappa shape index (κ3) is 9.09. The normalized spacial score (nSPS) is 11.6. The molecule has 216 valence electrons. The smallest absolute Gasteiger partial charge is 0.355 e. The van der Waals surface area contributed by atoms with Crippen LogP contribution in [0, 0.1) is 0 Å². The van der Waals surface area contributed by atoms with Crippen LogP contribution in [0.25, 0.3) is 22.3 Å². The zero-order valence-corrected chi connectivity index (χ0v) is 24.0. The predicted octanol–water partition coefficient (Wildman–Crippen LogP) is 2.74. The SMILES string of the molecule is CCN(CC)CC.Nc1nc2c(c(=O)[nH]1)n(Cc1ccc(-c3ccccc3)cc1)c[n+]2COCCOP(=O)(O)O. The second-order valence-corrected chi connectivity index (χ2v) is 10.1. The zero-order valence-electron chi connectivity index (χ0n) is 23.1. The Labute approximate surface area is 233 Å². The van der Waals surface area contributed by atoms with Crippen molar-refractivity contribution in [2.24, 2.45) is 0 Å². The number of anilines is 1. The molecule has 4 rings (SSSR count). The maximum Gasteiger partial charge on any atom is 0.469 e. The predicted molar refractivity (Wildman–Crippen MR) is 153 cm³/mol. The number of nitrogen functional groups attached to an aromatic ring is 1. The van der Waals surface area contributed by atoms with Crippen LogP contribution in [0.4, 0.5) is 5.95 Å². The number of nitrogens with one attached hydrogen (secondary N) is 1. The standard InChI is InChI=1S/C21H22N5O6P.C6H15N/c22-21-23-19-18(20(27)24-21)25(13-26(19)14-31-10-11-32-33(28,29)30)12-15-6-8-17(9-7-15)16-4-2-1-3-5-16;1-4-7(5-2)6-3/h1-9,13H,10-12,14H2,(H4-,22,23,24,27,28,29,30);4-6H2,1-3H3/p+1. The second-order valence-electron chi connectivity index (χ2n) is 8.88. The van der Waals surface area contributed by atoms with Crippen molar-refractivity contribution in [1.29, 1.82) is 0 Å². The number of rotatable bonds is 12. The summed E-state index contributed by atoms with van der Waals surface area (Å²) < 4.78 is 23.9. The number of aromatic nitrogens is 4. The van der Waals surface area contributed by atoms with Crippen molar-refractivity contribution in [3.05, 3.63) is 76.8 Å². The molecule has 0 aliphatic carbocycles. The minimum absolute atomic E-state index is 0.0170. The molecular weight excluding hydrogens is 535 g/mol. The van der Waals surface area contributed by atoms with Gasteiger partial charge < -0.3 is 25.2 Å². The Hall–Kier alpha value is -3.38. The molecule has 0 atom stereocenters. The topological polar surface area (TPSA) is 160 Å². The first-order valence-corrected chi connectivity index (χ1v) is 14.6. The van der Waals surface area contributed by atoms with E-state index in [1.54, 1.807) is 15.5 Å². The van der Waals surface area contributed by atoms with Gasteiger partial charge in [0.05, 0.1) is 19.8 Å². The zero-order chi connectivity index (χ0) is 29.1. The first-order valence-electron chi connectivity index (χ1n) is 13.1. The summed E-state index contributed by atoms with van der Waals surface area (Å²) in [6.45, 7) is 10.2. The number of phosphoric ester groups is 1. The van der Waals surface area contributed by atoms with Gasteiger partial charge in [-0.1, -0.05) is 80.4 Å². The molecule has 0 aliphatic rings. The van der Waals surface area contributed by atoms with Crippen LogP contribution in [0.3, 0.4) is 0 Å². The number of hydrogen-bond acceptors (Lipinski definition) is 7. The fraction of sp³-hybridized carbons (Fsp3) is 0.370. The van der Waals surface area contributed by atoms with Crippen LogP contribution in [-0.4, -0.2) is 62.1 Å². The van der Waals surface area contributed by atoms with Crippen LogP contribution >= 0.6 is 7.82 Å². The van der Waals surface area contributed by atoms with E-state index in [1.807, 2.05) is 54.6 Å². The third-order valence-corrected chi connectivity index (χ3v) is 6.72. The van der Waals surface area contributed by atoms with E-state index in [1.165, 1.54) is 19.6 Å². The fourth-order valence-electron chi connectivity index (χ4n) is 4.10. The monoisotopic (exact) mass is 573 g/mol. The number of fused-ring (bicyclic) bond motifs is 1. The van der Waals surface area contributed by atoms with E-state index in [2.05, 4.69) is 40.2 Å². The molecule has 0 amide bonds. The highest BCUT2D eigenvalue weighted by Crippen LogP contribution is 2.35. The van der Waals surface area contributed by atoms with Gasteiger partial charge in [0.25, 0.3) is 11.5 Å². The highest BCUT2D eigenvalue weighted by atomic mass is 31.2. The number of aromatic amines is 1. The Kier molecular flexibility index (Phi) is 11.6. The number of nitrogens with two attached hydrogens (primary N) is 1. The maximum atomic E-state index is 12.6. The van der Waals surface area contributed by atoms with E-state index in [-0.39, 0.29) is 31.5 Å². The molecule has 0 saturated heterocycles. The van der Waals surface area contributed by atoms with E-state index in [9.17, 15) is 9.36 Å². The van der Waals surface area contributed by atoms with Gasteiger partial charge in [-0.25, -0.2) is 9.13 Å². The second kappa shape index (κ2) is 14.8. The number of ether oxygens (including phenoxy) is 1. The molecule has 13 heteroatoms. The van der Waals surface area contributed by atoms with E-state index < -0.39 is 7.82 Å². The van der Waals surface area contributed by atoms with Gasteiger partial charge in [0.15, 0.2) is 13.1 Å². The van der Waals surface area contributed by atoms with E-state index in [0.29, 0.717) is 17.7 Å². The number of phosphoric acid groups is 1. The molecule has 5 N–H and O–H groups in total. The van der Waals surface area contributed by atoms with E-state index >= 15 is 0 Å². The van der Waals surface area contributed by atoms with Crippen molar-refractivity contribution in [3.63, 3.8) is 0 Å². The molecule has 2 aromatic heterocycles. The highest BCUT2D eigenvalue weighted by molar-refractivity contribution is 7.46. The minimum atomic E-state index is -4.55. The molecule has 0 fully saturated rings. The molecule has 0 bridgehead atoms. The van der Waals surface area contributed by atoms with Crippen molar-refractivity contribution >= 4 is 24.9 Å². The van der Waals surface area contributed by atoms with Crippen LogP contribution in [0.1, 0.15) is 26.3 Å². The number of nitrogens with zero attached hydrogens (tertiary/aromatic N) is 4. The Morgan fingerprint density at radius 2 is 1.62 bits per heavy atom. The van der Waals surface area contributed by atoms with Gasteiger partial charge in [-0.05, 0) is 36.3 Å². The molecule has 40 heavy (non-hydrogen) atoms. The minimum Gasteiger partial charge on any atom is -0.355 e. The molecule has 0 spiro atoms. The molecular formula is C27H38N6O6P+. The fourth-order valence-corrected chi connectivity index (χ4v) is 4.42. The summed E-state index contributed by atoms with van der Waals surface area (Å²) in [7, 11) is -4.55. The van der Waals surface area contributed by atoms with E-state index in [0.717, 1.165) is 16.7 Å². The summed E-state index contributed by atoms with van der Waals surface area (Å²) in [5.41, 5.74) is 9.16. The summed E-state index contributed by atoms with van der Waals surface area (Å²) >= 11 is 0. The molecule has 0 radical (unpaired) electrons. The van der Waals surface area contributed by atoms with Crippen LogP contribution in [0.15, 0.2) is 65.7 Å². The first-order chi connectivity index (χ1) is 19.1. The molecule has 2 heterocycles. The van der Waals surface area contributed by atoms with Crippen LogP contribution in [0.5, 0.6) is 0 Å². The van der Waals surface area contributed by atoms with E-state index in [4.69, 9.17) is 20.3 Å². The Bertz CT molecular complexity index is 1440. The number of hydrogen-bond donors (Lipinski definition) is 4. The maximum absolute atomic E-state index is 12.6. The summed E-state index contributed by atoms with van der Waals surface area (Å²) in [6, 6.07) is 18.1. The molecule has 2 aromatic carbocycles. The lowest BCUT2D eigenvalue weighted by atomic mass is 10.0. The Morgan fingerprint density at radius 3 is 2.20 bits per heavy atom. The van der Waals surface area contributed by atoms with Crippen molar-refractivity contribution < 1.29 is 28.2 Å². The Morgan fingerprint density at radius 1 is 1.00 bits per heavy atom. The van der Waals surface area contributed by atoms with Crippen molar-refractivity contribution in [2.45, 2.75) is 34.0 Å².